The fraction of sp³-hybridized carbons (Fsp3) is 0.286. The van der Waals surface area contributed by atoms with Gasteiger partial charge in [0, 0.05) is 37.4 Å². The van der Waals surface area contributed by atoms with Crippen LogP contribution in [-0.4, -0.2) is 52.5 Å². The Kier molecular flexibility index (Phi) is 6.81. The predicted molar refractivity (Wildman–Crippen MR) is 139 cm³/mol. The molecule has 1 fully saturated rings. The van der Waals surface area contributed by atoms with Crippen LogP contribution in [0.2, 0.25) is 0 Å². The number of carbonyl (C=O) groups is 1. The molecule has 1 amide bonds. The molecule has 1 N–H and O–H groups in total. The largest absolute Gasteiger partial charge is 0.451 e. The number of hydrogen-bond acceptors (Lipinski definition) is 6. The molecule has 180 valence electrons. The highest BCUT2D eigenvalue weighted by atomic mass is 32.1. The van der Waals surface area contributed by atoms with E-state index in [0.29, 0.717) is 30.7 Å². The normalized spacial score (nSPS) is 16.2. The number of nitrogens with zero attached hydrogens (tertiary/aromatic N) is 3. The van der Waals surface area contributed by atoms with Crippen molar-refractivity contribution in [3.05, 3.63) is 94.1 Å². The van der Waals surface area contributed by atoms with Crippen LogP contribution in [0.25, 0.3) is 17.0 Å². The Balaban J connectivity index is 1.22. The van der Waals surface area contributed by atoms with Crippen LogP contribution in [0, 0.1) is 0 Å². The summed E-state index contributed by atoms with van der Waals surface area (Å²) in [6.45, 7) is 2.95. The minimum Gasteiger partial charge on any atom is -0.451 e. The highest BCUT2D eigenvalue weighted by molar-refractivity contribution is 7.07. The lowest BCUT2D eigenvalue weighted by Crippen LogP contribution is -2.42. The van der Waals surface area contributed by atoms with Gasteiger partial charge in [-0.15, -0.1) is 11.3 Å². The Morgan fingerprint density at radius 3 is 2.74 bits per heavy atom. The molecule has 5 rings (SSSR count). The molecule has 2 aromatic carbocycles. The first-order chi connectivity index (χ1) is 17.0. The van der Waals surface area contributed by atoms with Crippen LogP contribution in [0.5, 0.6) is 0 Å². The minimum absolute atomic E-state index is 0.189. The van der Waals surface area contributed by atoms with Crippen molar-refractivity contribution >= 4 is 34.3 Å². The Hall–Kier alpha value is -3.26. The van der Waals surface area contributed by atoms with E-state index in [1.54, 1.807) is 23.5 Å². The molecule has 7 heteroatoms. The Labute approximate surface area is 209 Å². The van der Waals surface area contributed by atoms with Crippen LogP contribution in [0.1, 0.15) is 40.2 Å². The molecule has 2 aromatic heterocycles. The average Bonchev–Trinajstić information content (AvgIpc) is 3.55. The van der Waals surface area contributed by atoms with Gasteiger partial charge in [-0.3, -0.25) is 9.69 Å². The summed E-state index contributed by atoms with van der Waals surface area (Å²) in [5, 5.41) is 14.2. The van der Waals surface area contributed by atoms with Crippen LogP contribution < -0.4 is 0 Å². The third-order valence-electron chi connectivity index (χ3n) is 6.65. The number of benzene rings is 2. The summed E-state index contributed by atoms with van der Waals surface area (Å²) in [6.07, 6.45) is 5.65. The third kappa shape index (κ3) is 5.37. The second kappa shape index (κ2) is 10.2. The van der Waals surface area contributed by atoms with Gasteiger partial charge in [0.05, 0.1) is 23.4 Å². The first kappa shape index (κ1) is 23.5. The van der Waals surface area contributed by atoms with Gasteiger partial charge in [0.25, 0.3) is 5.91 Å². The van der Waals surface area contributed by atoms with Gasteiger partial charge >= 0.3 is 0 Å². The summed E-state index contributed by atoms with van der Waals surface area (Å²) in [7, 11) is 1.74. The van der Waals surface area contributed by atoms with Crippen LogP contribution >= 0.6 is 11.3 Å². The van der Waals surface area contributed by atoms with Gasteiger partial charge < -0.3 is 14.4 Å². The van der Waals surface area contributed by atoms with Crippen LogP contribution in [0.15, 0.2) is 76.0 Å². The van der Waals surface area contributed by atoms with Crippen LogP contribution in [0.4, 0.5) is 0 Å². The topological polar surface area (TPSA) is 69.8 Å². The fourth-order valence-electron chi connectivity index (χ4n) is 4.55. The molecule has 1 aliphatic rings. The van der Waals surface area contributed by atoms with Gasteiger partial charge in [-0.25, -0.2) is 4.98 Å². The molecule has 3 heterocycles. The zero-order valence-corrected chi connectivity index (χ0v) is 20.6. The van der Waals surface area contributed by atoms with Gasteiger partial charge in [-0.1, -0.05) is 48.6 Å². The van der Waals surface area contributed by atoms with E-state index in [9.17, 15) is 9.90 Å². The predicted octanol–water partition coefficient (Wildman–Crippen LogP) is 5.16. The zero-order chi connectivity index (χ0) is 24.3. The molecule has 4 aromatic rings. The molecule has 0 saturated carbocycles. The number of aliphatic hydroxyl groups is 1. The van der Waals surface area contributed by atoms with Crippen molar-refractivity contribution in [1.82, 2.24) is 14.8 Å². The van der Waals surface area contributed by atoms with E-state index in [1.165, 1.54) is 16.9 Å². The maximum absolute atomic E-state index is 12.9. The average molecular weight is 488 g/mol. The maximum atomic E-state index is 12.9. The summed E-state index contributed by atoms with van der Waals surface area (Å²) in [4.78, 5) is 21.1. The third-order valence-corrected chi connectivity index (χ3v) is 7.29. The number of piperidine rings is 1. The highest BCUT2D eigenvalue weighted by Crippen LogP contribution is 2.35. The number of likely N-dealkylation sites (tertiary alicyclic amines) is 1. The van der Waals surface area contributed by atoms with Gasteiger partial charge in [0.2, 0.25) is 0 Å². The van der Waals surface area contributed by atoms with Crippen molar-refractivity contribution in [2.24, 2.45) is 0 Å². The first-order valence-electron chi connectivity index (χ1n) is 11.8. The Morgan fingerprint density at radius 1 is 1.20 bits per heavy atom. The summed E-state index contributed by atoms with van der Waals surface area (Å²) in [5.74, 6) is 0.105. The number of furan rings is 1. The number of thiazole rings is 1. The highest BCUT2D eigenvalue weighted by Gasteiger charge is 2.34. The first-order valence-corrected chi connectivity index (χ1v) is 12.8. The molecule has 0 radical (unpaired) electrons. The summed E-state index contributed by atoms with van der Waals surface area (Å²) < 4.78 is 5.84. The molecule has 0 atom stereocenters. The lowest BCUT2D eigenvalue weighted by molar-refractivity contribution is -0.0232. The number of amides is 1. The van der Waals surface area contributed by atoms with Crippen molar-refractivity contribution in [3.8, 4) is 0 Å². The molecule has 1 saturated heterocycles. The molecule has 0 unspecified atom stereocenters. The van der Waals surface area contributed by atoms with Crippen molar-refractivity contribution in [3.63, 3.8) is 0 Å². The molecule has 0 bridgehead atoms. The van der Waals surface area contributed by atoms with E-state index in [2.05, 4.69) is 34.2 Å². The second-order valence-electron chi connectivity index (χ2n) is 9.15. The number of carbonyl (C=O) groups excluding carboxylic acids is 1. The number of aromatic nitrogens is 1. The van der Waals surface area contributed by atoms with E-state index in [4.69, 9.17) is 4.42 Å². The quantitative estimate of drug-likeness (QED) is 0.390. The molecule has 1 aliphatic heterocycles. The molecular weight excluding hydrogens is 458 g/mol. The van der Waals surface area contributed by atoms with Gasteiger partial charge in [0.15, 0.2) is 5.76 Å². The van der Waals surface area contributed by atoms with Crippen molar-refractivity contribution in [2.75, 3.05) is 26.7 Å². The standard InChI is InChI=1S/C28H29N3O3S/c1-30(18-24-19-35-20-29-24)27(32)26-17-22-16-23(9-10-25(22)34-26)28(33)11-14-31(15-12-28)13-5-8-21-6-3-2-4-7-21/h2-10,16-17,19-20,33H,11-15,18H2,1H3. The summed E-state index contributed by atoms with van der Waals surface area (Å²) in [6, 6.07) is 17.8. The number of rotatable bonds is 7. The smallest absolute Gasteiger partial charge is 0.289 e. The van der Waals surface area contributed by atoms with Gasteiger partial charge in [-0.05, 0) is 42.2 Å². The number of hydrogen-bond donors (Lipinski definition) is 1. The monoisotopic (exact) mass is 487 g/mol. The van der Waals surface area contributed by atoms with Gasteiger partial charge in [-0.2, -0.15) is 0 Å². The molecule has 0 spiro atoms. The lowest BCUT2D eigenvalue weighted by Gasteiger charge is -2.38. The van der Waals surface area contributed by atoms with Crippen molar-refractivity contribution in [1.29, 1.82) is 0 Å². The minimum atomic E-state index is -0.878. The fourth-order valence-corrected chi connectivity index (χ4v) is 5.10. The van der Waals surface area contributed by atoms with Crippen LogP contribution in [0.3, 0.4) is 0 Å². The molecule has 0 aliphatic carbocycles. The van der Waals surface area contributed by atoms with Gasteiger partial charge in [0.1, 0.15) is 5.58 Å². The van der Waals surface area contributed by atoms with E-state index < -0.39 is 5.60 Å². The zero-order valence-electron chi connectivity index (χ0n) is 19.8. The molecule has 6 nitrogen and oxygen atoms in total. The van der Waals surface area contributed by atoms with E-state index in [0.717, 1.165) is 36.3 Å². The Bertz CT molecular complexity index is 1310. The van der Waals surface area contributed by atoms with E-state index >= 15 is 0 Å². The van der Waals surface area contributed by atoms with E-state index in [1.807, 2.05) is 41.8 Å². The summed E-state index contributed by atoms with van der Waals surface area (Å²) in [5.41, 5.74) is 4.45. The SMILES string of the molecule is CN(Cc1cscn1)C(=O)c1cc2cc(C3(O)CCN(CC=Cc4ccccc4)CC3)ccc2o1. The van der Waals surface area contributed by atoms with E-state index in [-0.39, 0.29) is 5.91 Å². The lowest BCUT2D eigenvalue weighted by atomic mass is 9.84. The van der Waals surface area contributed by atoms with Crippen LogP contribution in [-0.2, 0) is 12.1 Å². The Morgan fingerprint density at radius 2 is 2.00 bits per heavy atom. The maximum Gasteiger partial charge on any atom is 0.289 e. The molecule has 35 heavy (non-hydrogen) atoms. The second-order valence-corrected chi connectivity index (χ2v) is 9.87. The summed E-state index contributed by atoms with van der Waals surface area (Å²) >= 11 is 1.51. The number of fused-ring (bicyclic) bond motifs is 1. The van der Waals surface area contributed by atoms with Crippen molar-refractivity contribution < 1.29 is 14.3 Å². The van der Waals surface area contributed by atoms with Crippen molar-refractivity contribution in [2.45, 2.75) is 25.0 Å². The molecular formula is C28H29N3O3S.